The van der Waals surface area contributed by atoms with Gasteiger partial charge < -0.3 is 10.5 Å². The van der Waals surface area contributed by atoms with Crippen LogP contribution in [-0.4, -0.2) is 38.8 Å². The van der Waals surface area contributed by atoms with E-state index in [1.807, 2.05) is 0 Å². The molecule has 6 nitrogen and oxygen atoms in total. The van der Waals surface area contributed by atoms with Gasteiger partial charge in [0, 0.05) is 19.0 Å². The molecule has 1 aliphatic rings. The third-order valence-corrected chi connectivity index (χ3v) is 5.76. The zero-order valence-electron chi connectivity index (χ0n) is 12.2. The van der Waals surface area contributed by atoms with E-state index in [0.717, 1.165) is 5.56 Å². The van der Waals surface area contributed by atoms with Gasteiger partial charge in [-0.2, -0.15) is 4.31 Å². The van der Waals surface area contributed by atoms with E-state index in [2.05, 4.69) is 0 Å². The lowest BCUT2D eigenvalue weighted by atomic mass is 9.98. The summed E-state index contributed by atoms with van der Waals surface area (Å²) in [7, 11) is -1.99. The van der Waals surface area contributed by atoms with Crippen LogP contribution in [0.15, 0.2) is 23.1 Å². The molecule has 1 saturated heterocycles. The number of carbonyl (C=O) groups excluding carboxylic acids is 1. The number of nitrogens with zero attached hydrogens (tertiary/aromatic N) is 1. The smallest absolute Gasteiger partial charge is 0.243 e. The number of sulfonamides is 1. The number of ether oxygens (including phenoxy) is 1. The maximum absolute atomic E-state index is 12.6. The second-order valence-corrected chi connectivity index (χ2v) is 7.15. The minimum absolute atomic E-state index is 0.228. The first kappa shape index (κ1) is 15.8. The highest BCUT2D eigenvalue weighted by Crippen LogP contribution is 2.26. The zero-order valence-corrected chi connectivity index (χ0v) is 13.0. The van der Waals surface area contributed by atoms with E-state index in [1.165, 1.54) is 4.31 Å². The molecular formula is C14H20N2O4S. The fraction of sp³-hybridized carbons (Fsp3) is 0.500. The maximum atomic E-state index is 12.6. The topological polar surface area (TPSA) is 89.7 Å². The van der Waals surface area contributed by atoms with Gasteiger partial charge in [0.15, 0.2) is 0 Å². The van der Waals surface area contributed by atoms with Gasteiger partial charge >= 0.3 is 0 Å². The summed E-state index contributed by atoms with van der Waals surface area (Å²) in [6.45, 7) is 2.44. The highest BCUT2D eigenvalue weighted by atomic mass is 32.2. The molecule has 0 aliphatic carbocycles. The van der Waals surface area contributed by atoms with Gasteiger partial charge in [-0.05, 0) is 43.5 Å². The summed E-state index contributed by atoms with van der Waals surface area (Å²) < 4.78 is 31.7. The number of nitrogens with two attached hydrogens (primary N) is 1. The van der Waals surface area contributed by atoms with E-state index in [9.17, 15) is 13.2 Å². The van der Waals surface area contributed by atoms with Crippen molar-refractivity contribution in [3.05, 3.63) is 23.8 Å². The molecule has 21 heavy (non-hydrogen) atoms. The molecule has 1 heterocycles. The van der Waals surface area contributed by atoms with Crippen LogP contribution in [0, 0.1) is 12.8 Å². The summed E-state index contributed by atoms with van der Waals surface area (Å²) >= 11 is 0. The Hall–Kier alpha value is -1.60. The predicted octanol–water partition coefficient (Wildman–Crippen LogP) is 0.890. The molecule has 2 rings (SSSR count). The number of piperidine rings is 1. The first-order valence-electron chi connectivity index (χ1n) is 6.80. The Morgan fingerprint density at radius 2 is 1.95 bits per heavy atom. The lowest BCUT2D eigenvalue weighted by Gasteiger charge is -2.29. The Bertz CT molecular complexity index is 634. The van der Waals surface area contributed by atoms with Crippen LogP contribution in [-0.2, 0) is 14.8 Å². The van der Waals surface area contributed by atoms with Gasteiger partial charge in [0.1, 0.15) is 5.75 Å². The molecule has 0 bridgehead atoms. The minimum atomic E-state index is -3.53. The van der Waals surface area contributed by atoms with Gasteiger partial charge in [-0.15, -0.1) is 0 Å². The predicted molar refractivity (Wildman–Crippen MR) is 78.4 cm³/mol. The lowest BCUT2D eigenvalue weighted by Crippen LogP contribution is -2.41. The lowest BCUT2D eigenvalue weighted by molar-refractivity contribution is -0.122. The third kappa shape index (κ3) is 3.19. The van der Waals surface area contributed by atoms with E-state index in [1.54, 1.807) is 32.2 Å². The number of rotatable bonds is 4. The minimum Gasteiger partial charge on any atom is -0.496 e. The van der Waals surface area contributed by atoms with Crippen molar-refractivity contribution >= 4 is 15.9 Å². The van der Waals surface area contributed by atoms with Crippen LogP contribution in [0.4, 0.5) is 0 Å². The fourth-order valence-electron chi connectivity index (χ4n) is 2.54. The average molecular weight is 312 g/mol. The second-order valence-electron chi connectivity index (χ2n) is 5.21. The van der Waals surface area contributed by atoms with Gasteiger partial charge in [0.2, 0.25) is 15.9 Å². The molecule has 0 unspecified atom stereocenters. The van der Waals surface area contributed by atoms with Crippen LogP contribution < -0.4 is 10.5 Å². The Balaban J connectivity index is 2.19. The molecule has 0 atom stereocenters. The van der Waals surface area contributed by atoms with E-state index in [0.29, 0.717) is 31.7 Å². The summed E-state index contributed by atoms with van der Waals surface area (Å²) in [6, 6.07) is 4.80. The zero-order chi connectivity index (χ0) is 15.6. The monoisotopic (exact) mass is 312 g/mol. The number of hydrogen-bond donors (Lipinski definition) is 1. The van der Waals surface area contributed by atoms with Crippen LogP contribution in [0.1, 0.15) is 18.4 Å². The number of hydrogen-bond acceptors (Lipinski definition) is 4. The molecule has 1 aromatic rings. The molecule has 7 heteroatoms. The molecule has 0 spiro atoms. The summed E-state index contributed by atoms with van der Waals surface area (Å²) in [6.07, 6.45) is 0.952. The van der Waals surface area contributed by atoms with Gasteiger partial charge in [0.05, 0.1) is 12.0 Å². The van der Waals surface area contributed by atoms with Crippen molar-refractivity contribution in [3.63, 3.8) is 0 Å². The quantitative estimate of drug-likeness (QED) is 0.894. The molecule has 2 N–H and O–H groups in total. The highest BCUT2D eigenvalue weighted by molar-refractivity contribution is 7.89. The van der Waals surface area contributed by atoms with Crippen molar-refractivity contribution in [3.8, 4) is 5.75 Å². The van der Waals surface area contributed by atoms with Gasteiger partial charge in [-0.1, -0.05) is 0 Å². The van der Waals surface area contributed by atoms with Crippen molar-refractivity contribution in [1.29, 1.82) is 0 Å². The maximum Gasteiger partial charge on any atom is 0.243 e. The molecule has 0 aromatic heterocycles. The molecule has 0 radical (unpaired) electrons. The molecule has 1 aliphatic heterocycles. The summed E-state index contributed by atoms with van der Waals surface area (Å²) in [5.74, 6) is 0.0720. The summed E-state index contributed by atoms with van der Waals surface area (Å²) in [5.41, 5.74) is 6.03. The number of carbonyl (C=O) groups is 1. The standard InChI is InChI=1S/C14H20N2O4S/c1-10-9-12(3-4-13(10)20-2)21(18,19)16-7-5-11(6-8-16)14(15)17/h3-4,9,11H,5-8H2,1-2H3,(H2,15,17). The van der Waals surface area contributed by atoms with Gasteiger partial charge in [-0.3, -0.25) is 4.79 Å². The van der Waals surface area contributed by atoms with E-state index < -0.39 is 10.0 Å². The van der Waals surface area contributed by atoms with E-state index in [4.69, 9.17) is 10.5 Å². The van der Waals surface area contributed by atoms with Crippen molar-refractivity contribution < 1.29 is 17.9 Å². The molecule has 0 saturated carbocycles. The third-order valence-electron chi connectivity index (χ3n) is 3.86. The average Bonchev–Trinajstić information content (AvgIpc) is 2.47. The Morgan fingerprint density at radius 1 is 1.33 bits per heavy atom. The first-order valence-corrected chi connectivity index (χ1v) is 8.24. The van der Waals surface area contributed by atoms with E-state index in [-0.39, 0.29) is 16.7 Å². The van der Waals surface area contributed by atoms with Gasteiger partial charge in [0.25, 0.3) is 0 Å². The number of methoxy groups -OCH3 is 1. The number of benzene rings is 1. The Morgan fingerprint density at radius 3 is 2.43 bits per heavy atom. The molecule has 1 aromatic carbocycles. The first-order chi connectivity index (χ1) is 9.86. The molecule has 1 amide bonds. The van der Waals surface area contributed by atoms with E-state index >= 15 is 0 Å². The summed E-state index contributed by atoms with van der Waals surface area (Å²) in [5, 5.41) is 0. The number of amides is 1. The van der Waals surface area contributed by atoms with Crippen molar-refractivity contribution in [2.45, 2.75) is 24.7 Å². The van der Waals surface area contributed by atoms with Crippen LogP contribution >= 0.6 is 0 Å². The number of aryl methyl sites for hydroxylation is 1. The van der Waals surface area contributed by atoms with Crippen molar-refractivity contribution in [2.75, 3.05) is 20.2 Å². The molecular weight excluding hydrogens is 292 g/mol. The van der Waals surface area contributed by atoms with Crippen LogP contribution in [0.5, 0.6) is 5.75 Å². The number of primary amides is 1. The SMILES string of the molecule is COc1ccc(S(=O)(=O)N2CCC(C(N)=O)CC2)cc1C. The Labute approximate surface area is 124 Å². The molecule has 1 fully saturated rings. The van der Waals surface area contributed by atoms with Gasteiger partial charge in [-0.25, -0.2) is 8.42 Å². The Kier molecular flexibility index (Phi) is 4.53. The van der Waals surface area contributed by atoms with Crippen LogP contribution in [0.25, 0.3) is 0 Å². The van der Waals surface area contributed by atoms with Crippen molar-refractivity contribution in [2.24, 2.45) is 11.7 Å². The fourth-order valence-corrected chi connectivity index (χ4v) is 4.10. The molecule has 116 valence electrons. The highest BCUT2D eigenvalue weighted by Gasteiger charge is 2.31. The normalized spacial score (nSPS) is 17.6. The largest absolute Gasteiger partial charge is 0.496 e. The van der Waals surface area contributed by atoms with Crippen LogP contribution in [0.3, 0.4) is 0 Å². The van der Waals surface area contributed by atoms with Crippen LogP contribution in [0.2, 0.25) is 0 Å². The van der Waals surface area contributed by atoms with Crippen molar-refractivity contribution in [1.82, 2.24) is 4.31 Å². The summed E-state index contributed by atoms with van der Waals surface area (Å²) in [4.78, 5) is 11.4. The second kappa shape index (κ2) is 6.03.